The Bertz CT molecular complexity index is 903. The predicted octanol–water partition coefficient (Wildman–Crippen LogP) is 2.93. The molecule has 1 fully saturated rings. The number of H-pyrrole nitrogens is 1. The summed E-state index contributed by atoms with van der Waals surface area (Å²) >= 11 is 0. The number of hydrogen-bond acceptors (Lipinski definition) is 4. The first-order chi connectivity index (χ1) is 13.7. The van der Waals surface area contributed by atoms with Crippen LogP contribution in [0.1, 0.15) is 28.9 Å². The van der Waals surface area contributed by atoms with E-state index in [0.717, 1.165) is 29.7 Å². The van der Waals surface area contributed by atoms with E-state index in [1.165, 1.54) is 0 Å². The molecule has 0 spiro atoms. The van der Waals surface area contributed by atoms with E-state index in [-0.39, 0.29) is 17.9 Å². The van der Waals surface area contributed by atoms with Gasteiger partial charge in [0.25, 0.3) is 5.91 Å². The summed E-state index contributed by atoms with van der Waals surface area (Å²) in [5.74, 6) is 0.183. The van der Waals surface area contributed by atoms with Crippen LogP contribution >= 0.6 is 0 Å². The number of benzene rings is 1. The van der Waals surface area contributed by atoms with Crippen LogP contribution in [-0.2, 0) is 6.42 Å². The van der Waals surface area contributed by atoms with E-state index in [1.54, 1.807) is 18.5 Å². The molecule has 0 radical (unpaired) electrons. The van der Waals surface area contributed by atoms with Crippen molar-refractivity contribution in [2.45, 2.75) is 25.4 Å². The zero-order chi connectivity index (χ0) is 19.3. The summed E-state index contributed by atoms with van der Waals surface area (Å²) in [6.45, 7) is 1.30. The van der Waals surface area contributed by atoms with Crippen molar-refractivity contribution in [3.05, 3.63) is 72.2 Å². The third-order valence-corrected chi connectivity index (χ3v) is 5.44. The van der Waals surface area contributed by atoms with Crippen LogP contribution in [0.4, 0.5) is 0 Å². The first-order valence-electron chi connectivity index (χ1n) is 9.68. The van der Waals surface area contributed by atoms with Gasteiger partial charge in [0.2, 0.25) is 0 Å². The molecule has 0 aliphatic carbocycles. The smallest absolute Gasteiger partial charge is 0.271 e. The number of likely N-dealkylation sites (tertiary alicyclic amines) is 1. The number of piperidine rings is 1. The first-order valence-corrected chi connectivity index (χ1v) is 9.68. The summed E-state index contributed by atoms with van der Waals surface area (Å²) in [6, 6.07) is 15.6. The molecular weight excluding hydrogens is 352 g/mol. The molecule has 28 heavy (non-hydrogen) atoms. The Hall–Kier alpha value is -2.99. The maximum atomic E-state index is 12.8. The van der Waals surface area contributed by atoms with E-state index in [2.05, 4.69) is 15.2 Å². The summed E-state index contributed by atoms with van der Waals surface area (Å²) < 4.78 is 0. The van der Waals surface area contributed by atoms with E-state index in [0.29, 0.717) is 25.2 Å². The number of pyridine rings is 1. The largest absolute Gasteiger partial charge is 0.392 e. The second-order valence-electron chi connectivity index (χ2n) is 7.29. The van der Waals surface area contributed by atoms with Gasteiger partial charge in [0.05, 0.1) is 11.8 Å². The fourth-order valence-electron chi connectivity index (χ4n) is 3.78. The molecule has 6 nitrogen and oxygen atoms in total. The maximum Gasteiger partial charge on any atom is 0.271 e. The Morgan fingerprint density at radius 2 is 1.86 bits per heavy atom. The van der Waals surface area contributed by atoms with Crippen LogP contribution < -0.4 is 0 Å². The predicted molar refractivity (Wildman–Crippen MR) is 107 cm³/mol. The molecule has 1 aliphatic heterocycles. The number of nitrogens with one attached hydrogen (secondary N) is 1. The SMILES string of the molecule is O=C(c1cc(-c2ccncc2)n[nH]1)N1CCC([C@@H](O)Cc2ccccc2)CC1. The van der Waals surface area contributed by atoms with Gasteiger partial charge >= 0.3 is 0 Å². The van der Waals surface area contributed by atoms with E-state index in [1.807, 2.05) is 47.4 Å². The Morgan fingerprint density at radius 3 is 2.57 bits per heavy atom. The highest BCUT2D eigenvalue weighted by Crippen LogP contribution is 2.25. The number of amides is 1. The Kier molecular flexibility index (Phi) is 5.48. The molecule has 144 valence electrons. The molecule has 4 rings (SSSR count). The second-order valence-corrected chi connectivity index (χ2v) is 7.29. The van der Waals surface area contributed by atoms with Gasteiger partial charge in [-0.1, -0.05) is 30.3 Å². The molecule has 6 heteroatoms. The molecule has 2 aromatic heterocycles. The number of hydrogen-bond donors (Lipinski definition) is 2. The zero-order valence-electron chi connectivity index (χ0n) is 15.7. The van der Waals surface area contributed by atoms with Crippen molar-refractivity contribution >= 4 is 5.91 Å². The molecule has 1 aromatic carbocycles. The lowest BCUT2D eigenvalue weighted by Crippen LogP contribution is -2.41. The van der Waals surface area contributed by atoms with E-state index < -0.39 is 0 Å². The van der Waals surface area contributed by atoms with Crippen molar-refractivity contribution in [1.29, 1.82) is 0 Å². The van der Waals surface area contributed by atoms with Gasteiger partial charge in [0, 0.05) is 31.0 Å². The van der Waals surface area contributed by atoms with E-state index in [4.69, 9.17) is 0 Å². The van der Waals surface area contributed by atoms with Crippen molar-refractivity contribution in [3.63, 3.8) is 0 Å². The molecule has 0 saturated carbocycles. The van der Waals surface area contributed by atoms with Gasteiger partial charge in [0.1, 0.15) is 5.69 Å². The number of aromatic nitrogens is 3. The number of aliphatic hydroxyl groups is 1. The maximum absolute atomic E-state index is 12.8. The summed E-state index contributed by atoms with van der Waals surface area (Å²) in [7, 11) is 0. The fraction of sp³-hybridized carbons (Fsp3) is 0.318. The van der Waals surface area contributed by atoms with Crippen LogP contribution in [0.2, 0.25) is 0 Å². The number of carbonyl (C=O) groups excluding carboxylic acids is 1. The van der Waals surface area contributed by atoms with Crippen LogP contribution in [0, 0.1) is 5.92 Å². The van der Waals surface area contributed by atoms with Crippen LogP contribution in [0.25, 0.3) is 11.3 Å². The number of carbonyl (C=O) groups is 1. The lowest BCUT2D eigenvalue weighted by molar-refractivity contribution is 0.0463. The Balaban J connectivity index is 1.33. The second kappa shape index (κ2) is 8.35. The fourth-order valence-corrected chi connectivity index (χ4v) is 3.78. The summed E-state index contributed by atoms with van der Waals surface area (Å²) in [5, 5.41) is 17.7. The van der Waals surface area contributed by atoms with Crippen molar-refractivity contribution in [2.24, 2.45) is 5.92 Å². The lowest BCUT2D eigenvalue weighted by atomic mass is 9.88. The van der Waals surface area contributed by atoms with Crippen molar-refractivity contribution in [3.8, 4) is 11.3 Å². The monoisotopic (exact) mass is 376 g/mol. The topological polar surface area (TPSA) is 82.1 Å². The highest BCUT2D eigenvalue weighted by molar-refractivity contribution is 5.93. The van der Waals surface area contributed by atoms with Crippen molar-refractivity contribution in [1.82, 2.24) is 20.1 Å². The molecule has 1 amide bonds. The van der Waals surface area contributed by atoms with Gasteiger partial charge in [-0.3, -0.25) is 14.9 Å². The molecule has 2 N–H and O–H groups in total. The molecule has 1 saturated heterocycles. The highest BCUT2D eigenvalue weighted by Gasteiger charge is 2.28. The van der Waals surface area contributed by atoms with Crippen molar-refractivity contribution < 1.29 is 9.90 Å². The van der Waals surface area contributed by atoms with Gasteiger partial charge in [-0.2, -0.15) is 5.10 Å². The minimum atomic E-state index is -0.370. The Labute approximate surface area is 164 Å². The first kappa shape index (κ1) is 18.4. The van der Waals surface area contributed by atoms with Crippen LogP contribution in [-0.4, -0.2) is 50.3 Å². The molecule has 3 aromatic rings. The summed E-state index contributed by atoms with van der Waals surface area (Å²) in [6.07, 6.45) is 5.32. The molecule has 0 bridgehead atoms. The van der Waals surface area contributed by atoms with Crippen LogP contribution in [0.5, 0.6) is 0 Å². The molecule has 1 atom stereocenters. The van der Waals surface area contributed by atoms with Gasteiger partial charge in [-0.05, 0) is 48.9 Å². The van der Waals surface area contributed by atoms with E-state index in [9.17, 15) is 9.90 Å². The van der Waals surface area contributed by atoms with Gasteiger partial charge in [-0.25, -0.2) is 0 Å². The zero-order valence-corrected chi connectivity index (χ0v) is 15.7. The Morgan fingerprint density at radius 1 is 1.14 bits per heavy atom. The number of aliphatic hydroxyl groups excluding tert-OH is 1. The third-order valence-electron chi connectivity index (χ3n) is 5.44. The minimum absolute atomic E-state index is 0.0381. The average Bonchev–Trinajstić information content (AvgIpc) is 3.25. The summed E-state index contributed by atoms with van der Waals surface area (Å²) in [4.78, 5) is 18.6. The molecule has 3 heterocycles. The quantitative estimate of drug-likeness (QED) is 0.717. The van der Waals surface area contributed by atoms with Crippen LogP contribution in [0.15, 0.2) is 60.9 Å². The molecular formula is C22H24N4O2. The highest BCUT2D eigenvalue weighted by atomic mass is 16.3. The normalized spacial score (nSPS) is 16.1. The number of nitrogens with zero attached hydrogens (tertiary/aromatic N) is 3. The number of rotatable bonds is 5. The van der Waals surface area contributed by atoms with Crippen molar-refractivity contribution in [2.75, 3.05) is 13.1 Å². The van der Waals surface area contributed by atoms with Gasteiger partial charge in [0.15, 0.2) is 0 Å². The lowest BCUT2D eigenvalue weighted by Gasteiger charge is -2.34. The number of aromatic amines is 1. The van der Waals surface area contributed by atoms with Gasteiger partial charge < -0.3 is 10.0 Å². The van der Waals surface area contributed by atoms with Crippen LogP contribution in [0.3, 0.4) is 0 Å². The average molecular weight is 376 g/mol. The third kappa shape index (κ3) is 4.12. The minimum Gasteiger partial charge on any atom is -0.392 e. The van der Waals surface area contributed by atoms with Gasteiger partial charge in [-0.15, -0.1) is 0 Å². The molecule has 1 aliphatic rings. The molecule has 0 unspecified atom stereocenters. The summed E-state index contributed by atoms with van der Waals surface area (Å²) in [5.41, 5.74) is 3.30. The standard InChI is InChI=1S/C22H24N4O2/c27-21(14-16-4-2-1-3-5-16)18-8-12-26(13-9-18)22(28)20-15-19(24-25-20)17-6-10-23-11-7-17/h1-7,10-11,15,18,21,27H,8-9,12-14H2,(H,24,25)/t21-/m0/s1. The van der Waals surface area contributed by atoms with E-state index >= 15 is 0 Å².